The van der Waals surface area contributed by atoms with Crippen molar-refractivity contribution in [3.05, 3.63) is 78.1 Å². The summed E-state index contributed by atoms with van der Waals surface area (Å²) in [6, 6.07) is 9.40. The first kappa shape index (κ1) is 14.0. The molecule has 1 unspecified atom stereocenters. The summed E-state index contributed by atoms with van der Waals surface area (Å²) in [6.07, 6.45) is 8.93. The number of pyridine rings is 2. The van der Waals surface area contributed by atoms with E-state index < -0.39 is 0 Å². The Morgan fingerprint density at radius 3 is 2.83 bits per heavy atom. The molecule has 1 N–H and O–H groups in total. The Hall–Kier alpha value is -2.60. The summed E-state index contributed by atoms with van der Waals surface area (Å²) in [5.41, 5.74) is 3.77. The minimum atomic E-state index is -0.115. The molecule has 0 bridgehead atoms. The van der Waals surface area contributed by atoms with Gasteiger partial charge in [-0.25, -0.2) is 0 Å². The monoisotopic (exact) mass is 322 g/mol. The predicted molar refractivity (Wildman–Crippen MR) is 90.3 cm³/mol. The summed E-state index contributed by atoms with van der Waals surface area (Å²) in [4.78, 5) is 20.4. The highest BCUT2D eigenvalue weighted by Gasteiger charge is 2.26. The average molecular weight is 322 g/mol. The molecular formula is C17H14N4OS. The van der Waals surface area contributed by atoms with Crippen LogP contribution in [0.3, 0.4) is 0 Å². The molecule has 23 heavy (non-hydrogen) atoms. The van der Waals surface area contributed by atoms with Gasteiger partial charge in [-0.05, 0) is 24.3 Å². The van der Waals surface area contributed by atoms with Crippen LogP contribution in [0.15, 0.2) is 61.3 Å². The molecule has 0 aliphatic carbocycles. The van der Waals surface area contributed by atoms with Gasteiger partial charge in [0.2, 0.25) is 0 Å². The number of carbonyl (C=O) groups is 1. The minimum absolute atomic E-state index is 0.115. The number of hydrogen-bond acceptors (Lipinski definition) is 4. The molecule has 114 valence electrons. The van der Waals surface area contributed by atoms with Crippen LogP contribution in [0.25, 0.3) is 0 Å². The van der Waals surface area contributed by atoms with Gasteiger partial charge in [0.1, 0.15) is 5.37 Å². The van der Waals surface area contributed by atoms with E-state index in [2.05, 4.69) is 25.9 Å². The van der Waals surface area contributed by atoms with E-state index in [1.54, 1.807) is 30.7 Å². The van der Waals surface area contributed by atoms with E-state index in [1.165, 1.54) is 5.56 Å². The van der Waals surface area contributed by atoms with Gasteiger partial charge in [-0.3, -0.25) is 14.8 Å². The molecule has 1 aliphatic rings. The number of nitrogens with zero attached hydrogens (tertiary/aromatic N) is 3. The molecule has 1 amide bonds. The highest BCUT2D eigenvalue weighted by molar-refractivity contribution is 7.99. The fourth-order valence-electron chi connectivity index (χ4n) is 2.68. The number of hydrogen-bond donors (Lipinski definition) is 1. The Balaban J connectivity index is 1.59. The summed E-state index contributed by atoms with van der Waals surface area (Å²) >= 11 is 1.83. The van der Waals surface area contributed by atoms with Crippen LogP contribution < -0.4 is 5.32 Å². The lowest BCUT2D eigenvalue weighted by Crippen LogP contribution is -2.12. The van der Waals surface area contributed by atoms with Gasteiger partial charge in [0.15, 0.2) is 0 Å². The van der Waals surface area contributed by atoms with Gasteiger partial charge in [-0.1, -0.05) is 6.07 Å². The molecule has 0 saturated heterocycles. The van der Waals surface area contributed by atoms with Gasteiger partial charge in [-0.15, -0.1) is 11.8 Å². The summed E-state index contributed by atoms with van der Waals surface area (Å²) in [7, 11) is 0. The van der Waals surface area contributed by atoms with Crippen LogP contribution in [0, 0.1) is 0 Å². The SMILES string of the molecule is O=C(Nc1ccn2c1CSC2c1cccnc1)c1ccncc1. The van der Waals surface area contributed by atoms with E-state index in [0.29, 0.717) is 5.56 Å². The van der Waals surface area contributed by atoms with Crippen LogP contribution in [-0.4, -0.2) is 20.4 Å². The number of aromatic nitrogens is 3. The van der Waals surface area contributed by atoms with Crippen LogP contribution in [0.1, 0.15) is 27.0 Å². The van der Waals surface area contributed by atoms with Gasteiger partial charge in [-0.2, -0.15) is 0 Å². The van der Waals surface area contributed by atoms with E-state index in [1.807, 2.05) is 36.3 Å². The third-order valence-electron chi connectivity index (χ3n) is 3.82. The molecule has 0 fully saturated rings. The fraction of sp³-hybridized carbons (Fsp3) is 0.118. The van der Waals surface area contributed by atoms with Crippen molar-refractivity contribution in [3.63, 3.8) is 0 Å². The first-order valence-electron chi connectivity index (χ1n) is 7.25. The van der Waals surface area contributed by atoms with Crippen LogP contribution in [0.4, 0.5) is 5.69 Å². The van der Waals surface area contributed by atoms with E-state index in [9.17, 15) is 4.79 Å². The molecule has 3 aromatic rings. The van der Waals surface area contributed by atoms with Crippen LogP contribution in [-0.2, 0) is 5.75 Å². The van der Waals surface area contributed by atoms with Crippen molar-refractivity contribution in [2.75, 3.05) is 5.32 Å². The van der Waals surface area contributed by atoms with Gasteiger partial charge in [0, 0.05) is 47.9 Å². The molecule has 0 radical (unpaired) electrons. The number of anilines is 1. The summed E-state index contributed by atoms with van der Waals surface area (Å²) in [6.45, 7) is 0. The summed E-state index contributed by atoms with van der Waals surface area (Å²) in [5, 5.41) is 3.21. The first-order valence-corrected chi connectivity index (χ1v) is 8.30. The topological polar surface area (TPSA) is 59.8 Å². The Bertz CT molecular complexity index is 832. The number of fused-ring (bicyclic) bond motifs is 1. The second-order valence-corrected chi connectivity index (χ2v) is 6.29. The highest BCUT2D eigenvalue weighted by atomic mass is 32.2. The van der Waals surface area contributed by atoms with Crippen molar-refractivity contribution in [1.29, 1.82) is 0 Å². The Morgan fingerprint density at radius 1 is 1.17 bits per heavy atom. The zero-order chi connectivity index (χ0) is 15.6. The predicted octanol–water partition coefficient (Wildman–Crippen LogP) is 3.32. The zero-order valence-corrected chi connectivity index (χ0v) is 13.0. The Kier molecular flexibility index (Phi) is 3.59. The molecule has 0 aromatic carbocycles. The summed E-state index contributed by atoms with van der Waals surface area (Å²) in [5.74, 6) is 0.745. The minimum Gasteiger partial charge on any atom is -0.332 e. The third-order valence-corrected chi connectivity index (χ3v) is 5.07. The third kappa shape index (κ3) is 2.61. The molecule has 1 aliphatic heterocycles. The smallest absolute Gasteiger partial charge is 0.255 e. The zero-order valence-electron chi connectivity index (χ0n) is 12.2. The number of amides is 1. The quantitative estimate of drug-likeness (QED) is 0.803. The molecule has 1 atom stereocenters. The maximum atomic E-state index is 12.3. The van der Waals surface area contributed by atoms with E-state index in [4.69, 9.17) is 0 Å². The molecule has 4 heterocycles. The number of rotatable bonds is 3. The maximum absolute atomic E-state index is 12.3. The van der Waals surface area contributed by atoms with Gasteiger partial charge >= 0.3 is 0 Å². The van der Waals surface area contributed by atoms with Crippen LogP contribution in [0.2, 0.25) is 0 Å². The number of thioether (sulfide) groups is 1. The normalized spacial score (nSPS) is 16.1. The van der Waals surface area contributed by atoms with Crippen molar-refractivity contribution < 1.29 is 4.79 Å². The van der Waals surface area contributed by atoms with Gasteiger partial charge in [0.05, 0.1) is 11.4 Å². The largest absolute Gasteiger partial charge is 0.332 e. The standard InChI is InChI=1S/C17H14N4OS/c22-16(12-3-7-18-8-4-12)20-14-5-9-21-15(14)11-23-17(21)13-2-1-6-19-10-13/h1-10,17H,11H2,(H,20,22). The van der Waals surface area contributed by atoms with Crippen LogP contribution in [0.5, 0.6) is 0 Å². The lowest BCUT2D eigenvalue weighted by Gasteiger charge is -2.12. The lowest BCUT2D eigenvalue weighted by atomic mass is 10.2. The molecule has 3 aromatic heterocycles. The number of nitrogens with one attached hydrogen (secondary N) is 1. The highest BCUT2D eigenvalue weighted by Crippen LogP contribution is 2.43. The van der Waals surface area contributed by atoms with E-state index in [0.717, 1.165) is 17.1 Å². The second-order valence-electron chi connectivity index (χ2n) is 5.22. The van der Waals surface area contributed by atoms with Crippen LogP contribution >= 0.6 is 11.8 Å². The lowest BCUT2D eigenvalue weighted by molar-refractivity contribution is 0.102. The van der Waals surface area contributed by atoms with Crippen molar-refractivity contribution in [1.82, 2.24) is 14.5 Å². The number of carbonyl (C=O) groups excluding carboxylic acids is 1. The van der Waals surface area contributed by atoms with E-state index in [-0.39, 0.29) is 11.3 Å². The van der Waals surface area contributed by atoms with Gasteiger partial charge < -0.3 is 9.88 Å². The van der Waals surface area contributed by atoms with Crippen molar-refractivity contribution in [2.45, 2.75) is 11.1 Å². The molecule has 0 saturated carbocycles. The van der Waals surface area contributed by atoms with Gasteiger partial charge in [0.25, 0.3) is 5.91 Å². The molecular weight excluding hydrogens is 308 g/mol. The van der Waals surface area contributed by atoms with Crippen molar-refractivity contribution in [2.24, 2.45) is 0 Å². The average Bonchev–Trinajstić information content (AvgIpc) is 3.19. The van der Waals surface area contributed by atoms with Crippen molar-refractivity contribution >= 4 is 23.4 Å². The Labute approximate surface area is 137 Å². The molecule has 4 rings (SSSR count). The second kappa shape index (κ2) is 5.89. The fourth-order valence-corrected chi connectivity index (χ4v) is 3.99. The molecule has 6 heteroatoms. The first-order chi connectivity index (χ1) is 11.3. The van der Waals surface area contributed by atoms with Crippen molar-refractivity contribution in [3.8, 4) is 0 Å². The van der Waals surface area contributed by atoms with E-state index >= 15 is 0 Å². The Morgan fingerprint density at radius 2 is 2.04 bits per heavy atom. The molecule has 0 spiro atoms. The molecule has 5 nitrogen and oxygen atoms in total. The summed E-state index contributed by atoms with van der Waals surface area (Å²) < 4.78 is 2.20. The maximum Gasteiger partial charge on any atom is 0.255 e.